The summed E-state index contributed by atoms with van der Waals surface area (Å²) in [5.41, 5.74) is 1.10. The zero-order valence-electron chi connectivity index (χ0n) is 12.2. The van der Waals surface area contributed by atoms with Gasteiger partial charge in [-0.2, -0.15) is 8.78 Å². The van der Waals surface area contributed by atoms with Crippen molar-refractivity contribution in [2.24, 2.45) is 0 Å². The molecule has 0 spiro atoms. The van der Waals surface area contributed by atoms with Crippen LogP contribution in [0.2, 0.25) is 0 Å². The fraction of sp³-hybridized carbons (Fsp3) is 0.533. The minimum absolute atomic E-state index is 0.109. The van der Waals surface area contributed by atoms with Crippen molar-refractivity contribution >= 4 is 11.0 Å². The Balaban J connectivity index is 1.91. The summed E-state index contributed by atoms with van der Waals surface area (Å²) in [5.74, 6) is 0.410. The first kappa shape index (κ1) is 14.4. The smallest absolute Gasteiger partial charge is 0.320 e. The van der Waals surface area contributed by atoms with Crippen molar-refractivity contribution in [3.8, 4) is 0 Å². The van der Waals surface area contributed by atoms with Gasteiger partial charge in [-0.15, -0.1) is 0 Å². The summed E-state index contributed by atoms with van der Waals surface area (Å²) in [4.78, 5) is 6.50. The molecule has 0 amide bonds. The number of halogens is 2. The van der Waals surface area contributed by atoms with Crippen LogP contribution in [0.25, 0.3) is 11.0 Å². The largest absolute Gasteiger partial charge is 0.373 e. The highest BCUT2D eigenvalue weighted by molar-refractivity contribution is 5.75. The lowest BCUT2D eigenvalue weighted by atomic mass is 10.2. The van der Waals surface area contributed by atoms with Gasteiger partial charge in [-0.25, -0.2) is 4.98 Å². The Morgan fingerprint density at radius 2 is 1.90 bits per heavy atom. The van der Waals surface area contributed by atoms with Crippen LogP contribution < -0.4 is 0 Å². The molecule has 1 saturated heterocycles. The van der Waals surface area contributed by atoms with Crippen LogP contribution >= 0.6 is 0 Å². The lowest BCUT2D eigenvalue weighted by Gasteiger charge is -2.35. The number of hydrogen-bond acceptors (Lipinski definition) is 3. The van der Waals surface area contributed by atoms with Crippen molar-refractivity contribution in [2.45, 2.75) is 39.1 Å². The summed E-state index contributed by atoms with van der Waals surface area (Å²) >= 11 is 0. The number of benzene rings is 1. The van der Waals surface area contributed by atoms with Crippen LogP contribution in [-0.2, 0) is 11.3 Å². The second kappa shape index (κ2) is 5.69. The van der Waals surface area contributed by atoms with Gasteiger partial charge in [-0.05, 0) is 26.0 Å². The van der Waals surface area contributed by atoms with Crippen LogP contribution in [-0.4, -0.2) is 39.7 Å². The molecule has 0 radical (unpaired) electrons. The highest BCUT2D eigenvalue weighted by Gasteiger charge is 2.25. The van der Waals surface area contributed by atoms with Gasteiger partial charge in [0.1, 0.15) is 5.82 Å². The number of para-hydroxylation sites is 2. The molecule has 1 aromatic carbocycles. The van der Waals surface area contributed by atoms with Crippen molar-refractivity contribution in [2.75, 3.05) is 13.1 Å². The topological polar surface area (TPSA) is 30.3 Å². The van der Waals surface area contributed by atoms with Gasteiger partial charge in [0.15, 0.2) is 0 Å². The number of hydrogen-bond donors (Lipinski definition) is 0. The maximum atomic E-state index is 13.4. The standard InChI is InChI=1S/C15H19F2N3O/c1-10-7-19(8-11(2)21-10)9-14-18-12-5-3-4-6-13(12)20(14)15(16)17/h3-6,10-11,15H,7-9H2,1-2H3/t10-,11-/m1/s1. The highest BCUT2D eigenvalue weighted by Crippen LogP contribution is 2.24. The molecule has 21 heavy (non-hydrogen) atoms. The van der Waals surface area contributed by atoms with Crippen LogP contribution in [0.5, 0.6) is 0 Å². The van der Waals surface area contributed by atoms with Gasteiger partial charge in [0.05, 0.1) is 29.8 Å². The summed E-state index contributed by atoms with van der Waals surface area (Å²) in [6.07, 6.45) is 0.219. The van der Waals surface area contributed by atoms with E-state index in [0.29, 0.717) is 23.4 Å². The van der Waals surface area contributed by atoms with E-state index in [4.69, 9.17) is 4.74 Å². The Kier molecular flexibility index (Phi) is 3.91. The van der Waals surface area contributed by atoms with E-state index < -0.39 is 6.55 Å². The molecule has 2 aromatic rings. The summed E-state index contributed by atoms with van der Waals surface area (Å²) in [5, 5.41) is 0. The van der Waals surface area contributed by atoms with Gasteiger partial charge in [0.2, 0.25) is 0 Å². The lowest BCUT2D eigenvalue weighted by Crippen LogP contribution is -2.45. The maximum absolute atomic E-state index is 13.4. The molecule has 1 aliphatic heterocycles. The van der Waals surface area contributed by atoms with E-state index in [0.717, 1.165) is 17.7 Å². The minimum atomic E-state index is -2.58. The Bertz CT molecular complexity index is 618. The number of aromatic nitrogens is 2. The lowest BCUT2D eigenvalue weighted by molar-refractivity contribution is -0.0719. The predicted molar refractivity (Wildman–Crippen MR) is 76.3 cm³/mol. The second-order valence-corrected chi connectivity index (χ2v) is 5.62. The summed E-state index contributed by atoms with van der Waals surface area (Å²) in [7, 11) is 0. The third-order valence-corrected chi connectivity index (χ3v) is 3.72. The maximum Gasteiger partial charge on any atom is 0.320 e. The quantitative estimate of drug-likeness (QED) is 0.872. The third kappa shape index (κ3) is 2.91. The van der Waals surface area contributed by atoms with Gasteiger partial charge in [-0.1, -0.05) is 12.1 Å². The number of nitrogens with zero attached hydrogens (tertiary/aromatic N) is 3. The van der Waals surface area contributed by atoms with Gasteiger partial charge in [0.25, 0.3) is 0 Å². The molecule has 0 aliphatic carbocycles. The molecule has 2 heterocycles. The monoisotopic (exact) mass is 295 g/mol. The molecular formula is C15H19F2N3O. The summed E-state index contributed by atoms with van der Waals surface area (Å²) in [6.45, 7) is 3.30. The third-order valence-electron chi connectivity index (χ3n) is 3.72. The molecule has 6 heteroatoms. The van der Waals surface area contributed by atoms with E-state index in [1.807, 2.05) is 19.9 Å². The van der Waals surface area contributed by atoms with Gasteiger partial charge >= 0.3 is 6.55 Å². The van der Waals surface area contributed by atoms with Gasteiger partial charge in [-0.3, -0.25) is 9.47 Å². The Labute approximate surface area is 122 Å². The van der Waals surface area contributed by atoms with E-state index in [1.165, 1.54) is 0 Å². The molecule has 2 atom stereocenters. The number of rotatable bonds is 3. The number of imidazole rings is 1. The van der Waals surface area contributed by atoms with Crippen molar-refractivity contribution in [3.05, 3.63) is 30.1 Å². The fourth-order valence-electron chi connectivity index (χ4n) is 3.04. The molecule has 0 N–H and O–H groups in total. The molecule has 1 aliphatic rings. The molecule has 1 aromatic heterocycles. The second-order valence-electron chi connectivity index (χ2n) is 5.62. The van der Waals surface area contributed by atoms with Crippen LogP contribution in [0.4, 0.5) is 8.78 Å². The fourth-order valence-corrected chi connectivity index (χ4v) is 3.04. The van der Waals surface area contributed by atoms with Crippen LogP contribution in [0.3, 0.4) is 0 Å². The Morgan fingerprint density at radius 1 is 1.24 bits per heavy atom. The summed E-state index contributed by atoms with van der Waals surface area (Å²) in [6, 6.07) is 7.02. The first-order valence-corrected chi connectivity index (χ1v) is 7.16. The number of morpholine rings is 1. The van der Waals surface area contributed by atoms with Crippen LogP contribution in [0.1, 0.15) is 26.2 Å². The average Bonchev–Trinajstić information content (AvgIpc) is 2.75. The molecule has 4 nitrogen and oxygen atoms in total. The number of ether oxygens (including phenoxy) is 1. The number of alkyl halides is 2. The van der Waals surface area contributed by atoms with E-state index in [1.54, 1.807) is 18.2 Å². The van der Waals surface area contributed by atoms with Crippen molar-refractivity contribution in [3.63, 3.8) is 0 Å². The predicted octanol–water partition coefficient (Wildman–Crippen LogP) is 3.04. The van der Waals surface area contributed by atoms with Gasteiger partial charge < -0.3 is 4.74 Å². The van der Waals surface area contributed by atoms with Crippen molar-refractivity contribution in [1.29, 1.82) is 0 Å². The van der Waals surface area contributed by atoms with Crippen LogP contribution in [0.15, 0.2) is 24.3 Å². The number of fused-ring (bicyclic) bond motifs is 1. The highest BCUT2D eigenvalue weighted by atomic mass is 19.3. The minimum Gasteiger partial charge on any atom is -0.373 e. The zero-order valence-corrected chi connectivity index (χ0v) is 12.2. The molecule has 114 valence electrons. The SMILES string of the molecule is C[C@@H]1CN(Cc2nc3ccccc3n2C(F)F)C[C@@H](C)O1. The molecule has 1 fully saturated rings. The van der Waals surface area contributed by atoms with E-state index in [2.05, 4.69) is 9.88 Å². The van der Waals surface area contributed by atoms with E-state index in [9.17, 15) is 8.78 Å². The van der Waals surface area contributed by atoms with Crippen molar-refractivity contribution < 1.29 is 13.5 Å². The summed E-state index contributed by atoms with van der Waals surface area (Å²) < 4.78 is 33.5. The zero-order chi connectivity index (χ0) is 15.0. The van der Waals surface area contributed by atoms with Gasteiger partial charge in [0, 0.05) is 13.1 Å². The molecule has 0 unspecified atom stereocenters. The molecule has 0 bridgehead atoms. The van der Waals surface area contributed by atoms with E-state index >= 15 is 0 Å². The first-order chi connectivity index (χ1) is 10.0. The first-order valence-electron chi connectivity index (χ1n) is 7.16. The average molecular weight is 295 g/mol. The van der Waals surface area contributed by atoms with Crippen LogP contribution in [0, 0.1) is 0 Å². The molecule has 0 saturated carbocycles. The Hall–Kier alpha value is -1.53. The molecule has 3 rings (SSSR count). The van der Waals surface area contributed by atoms with Crippen molar-refractivity contribution in [1.82, 2.24) is 14.5 Å². The normalized spacial score (nSPS) is 24.0. The van der Waals surface area contributed by atoms with E-state index in [-0.39, 0.29) is 12.2 Å². The Morgan fingerprint density at radius 3 is 2.57 bits per heavy atom. The molecular weight excluding hydrogens is 276 g/mol.